The molecule has 2 heterocycles. The first-order valence-electron chi connectivity index (χ1n) is 11.4. The Balaban J connectivity index is 1.59. The largest absolute Gasteiger partial charge is 0.497 e. The lowest BCUT2D eigenvalue weighted by atomic mass is 9.84. The molecule has 0 aromatic heterocycles. The minimum atomic E-state index is 0.278. The third-order valence-corrected chi connectivity index (χ3v) is 6.70. The van der Waals surface area contributed by atoms with Gasteiger partial charge in [-0.05, 0) is 85.8 Å². The van der Waals surface area contributed by atoms with Crippen molar-refractivity contribution in [2.75, 3.05) is 33.8 Å². The monoisotopic (exact) mass is 408 g/mol. The summed E-state index contributed by atoms with van der Waals surface area (Å²) < 4.78 is 12.1. The summed E-state index contributed by atoms with van der Waals surface area (Å²) in [5.41, 5.74) is 4.10. The summed E-state index contributed by atoms with van der Waals surface area (Å²) in [6.45, 7) is 8.77. The van der Waals surface area contributed by atoms with Gasteiger partial charge in [0.25, 0.3) is 0 Å². The fraction of sp³-hybridized carbons (Fsp3) is 0.538. The Bertz CT molecular complexity index is 845. The number of hydrogen-bond acceptors (Lipinski definition) is 4. The molecule has 0 amide bonds. The molecule has 0 radical (unpaired) electrons. The van der Waals surface area contributed by atoms with Crippen LogP contribution in [0.5, 0.6) is 11.5 Å². The van der Waals surface area contributed by atoms with E-state index in [0.29, 0.717) is 17.8 Å². The van der Waals surface area contributed by atoms with Gasteiger partial charge in [0.05, 0.1) is 7.11 Å². The predicted molar refractivity (Wildman–Crippen MR) is 122 cm³/mol. The van der Waals surface area contributed by atoms with Crippen LogP contribution in [0.2, 0.25) is 0 Å². The molecule has 2 aromatic carbocycles. The lowest BCUT2D eigenvalue weighted by Crippen LogP contribution is -2.39. The molecule has 4 rings (SSSR count). The van der Waals surface area contributed by atoms with E-state index in [2.05, 4.69) is 67.5 Å². The number of rotatable bonds is 6. The molecule has 0 bridgehead atoms. The van der Waals surface area contributed by atoms with Crippen LogP contribution in [0.3, 0.4) is 0 Å². The highest BCUT2D eigenvalue weighted by Crippen LogP contribution is 2.37. The molecule has 4 heteroatoms. The second-order valence-corrected chi connectivity index (χ2v) is 9.30. The lowest BCUT2D eigenvalue weighted by molar-refractivity contribution is 0.0718. The Hall–Kier alpha value is -2.04. The molecule has 4 nitrogen and oxygen atoms in total. The smallest absolute Gasteiger partial charge is 0.120 e. The van der Waals surface area contributed by atoms with E-state index < -0.39 is 0 Å². The maximum absolute atomic E-state index is 6.63. The third-order valence-electron chi connectivity index (χ3n) is 6.70. The SMILES string of the molecule is COc1cccc(C2CN(C)Cc3cc(OC(C(C)C)C4CCNCC4)ccc32)c1. The van der Waals surface area contributed by atoms with Gasteiger partial charge >= 0.3 is 0 Å². The topological polar surface area (TPSA) is 33.7 Å². The van der Waals surface area contributed by atoms with Crippen LogP contribution in [0.25, 0.3) is 0 Å². The number of piperidine rings is 1. The Morgan fingerprint density at radius 1 is 1.03 bits per heavy atom. The minimum Gasteiger partial charge on any atom is -0.497 e. The van der Waals surface area contributed by atoms with Crippen molar-refractivity contribution < 1.29 is 9.47 Å². The Kier molecular flexibility index (Phi) is 6.64. The highest BCUT2D eigenvalue weighted by atomic mass is 16.5. The Labute approximate surface area is 181 Å². The second-order valence-electron chi connectivity index (χ2n) is 9.30. The summed E-state index contributed by atoms with van der Waals surface area (Å²) in [7, 11) is 3.94. The van der Waals surface area contributed by atoms with E-state index in [0.717, 1.165) is 37.7 Å². The molecule has 1 fully saturated rings. The fourth-order valence-electron chi connectivity index (χ4n) is 5.15. The molecule has 2 aromatic rings. The number of methoxy groups -OCH3 is 1. The molecule has 2 atom stereocenters. The van der Waals surface area contributed by atoms with Crippen molar-refractivity contribution in [3.05, 3.63) is 59.2 Å². The van der Waals surface area contributed by atoms with Gasteiger partial charge in [0, 0.05) is 19.0 Å². The Morgan fingerprint density at radius 2 is 1.83 bits per heavy atom. The van der Waals surface area contributed by atoms with Crippen molar-refractivity contribution >= 4 is 0 Å². The van der Waals surface area contributed by atoms with Gasteiger partial charge in [-0.15, -0.1) is 0 Å². The minimum absolute atomic E-state index is 0.278. The molecule has 0 saturated carbocycles. The molecule has 2 aliphatic heterocycles. The van der Waals surface area contributed by atoms with Gasteiger partial charge in [-0.1, -0.05) is 32.0 Å². The van der Waals surface area contributed by atoms with Crippen LogP contribution in [0, 0.1) is 11.8 Å². The summed E-state index contributed by atoms with van der Waals surface area (Å²) in [5.74, 6) is 3.44. The Morgan fingerprint density at radius 3 is 2.57 bits per heavy atom. The molecule has 2 unspecified atom stereocenters. The highest BCUT2D eigenvalue weighted by molar-refractivity contribution is 5.45. The number of hydrogen-bond donors (Lipinski definition) is 1. The van der Waals surface area contributed by atoms with E-state index in [1.807, 2.05) is 6.07 Å². The number of fused-ring (bicyclic) bond motifs is 1. The van der Waals surface area contributed by atoms with Crippen LogP contribution in [0.4, 0.5) is 0 Å². The zero-order chi connectivity index (χ0) is 21.1. The first kappa shape index (κ1) is 21.2. The van der Waals surface area contributed by atoms with Crippen LogP contribution in [-0.4, -0.2) is 44.8 Å². The summed E-state index contributed by atoms with van der Waals surface area (Å²) in [6.07, 6.45) is 2.68. The number of nitrogens with one attached hydrogen (secondary N) is 1. The number of benzene rings is 2. The van der Waals surface area contributed by atoms with Crippen LogP contribution in [-0.2, 0) is 6.54 Å². The predicted octanol–water partition coefficient (Wildman–Crippen LogP) is 4.68. The summed E-state index contributed by atoms with van der Waals surface area (Å²) in [6, 6.07) is 15.3. The normalized spacial score (nSPS) is 21.3. The number of nitrogens with zero attached hydrogens (tertiary/aromatic N) is 1. The van der Waals surface area contributed by atoms with Crippen molar-refractivity contribution in [2.24, 2.45) is 11.8 Å². The van der Waals surface area contributed by atoms with Crippen molar-refractivity contribution in [3.63, 3.8) is 0 Å². The van der Waals surface area contributed by atoms with Crippen molar-refractivity contribution in [1.29, 1.82) is 0 Å². The van der Waals surface area contributed by atoms with Gasteiger partial charge in [0.2, 0.25) is 0 Å². The van der Waals surface area contributed by atoms with Gasteiger partial charge in [0.15, 0.2) is 0 Å². The van der Waals surface area contributed by atoms with E-state index in [1.165, 1.54) is 29.5 Å². The van der Waals surface area contributed by atoms with Gasteiger partial charge in [0.1, 0.15) is 17.6 Å². The van der Waals surface area contributed by atoms with E-state index in [9.17, 15) is 0 Å². The standard InChI is InChI=1S/C26H36N2O2/c1-18(2)26(19-10-12-27-13-11-19)30-23-8-9-24-21(15-23)16-28(3)17-25(24)20-6-5-7-22(14-20)29-4/h5-9,14-15,18-19,25-27H,10-13,16-17H2,1-4H3. The zero-order valence-electron chi connectivity index (χ0n) is 18.9. The highest BCUT2D eigenvalue weighted by Gasteiger charge is 2.29. The molecular formula is C26H36N2O2. The number of likely N-dealkylation sites (N-methyl/N-ethyl adjacent to an activating group) is 1. The quantitative estimate of drug-likeness (QED) is 0.753. The average Bonchev–Trinajstić information content (AvgIpc) is 2.77. The molecule has 0 aliphatic carbocycles. The maximum Gasteiger partial charge on any atom is 0.120 e. The molecule has 30 heavy (non-hydrogen) atoms. The number of ether oxygens (including phenoxy) is 2. The van der Waals surface area contributed by atoms with Crippen molar-refractivity contribution in [3.8, 4) is 11.5 Å². The summed E-state index contributed by atoms with van der Waals surface area (Å²) in [4.78, 5) is 2.41. The lowest BCUT2D eigenvalue weighted by Gasteiger charge is -2.35. The fourth-order valence-corrected chi connectivity index (χ4v) is 5.15. The molecular weight excluding hydrogens is 372 g/mol. The average molecular weight is 409 g/mol. The van der Waals surface area contributed by atoms with Gasteiger partial charge in [-0.25, -0.2) is 0 Å². The van der Waals surface area contributed by atoms with E-state index in [4.69, 9.17) is 9.47 Å². The van der Waals surface area contributed by atoms with E-state index in [1.54, 1.807) is 7.11 Å². The van der Waals surface area contributed by atoms with E-state index >= 15 is 0 Å². The van der Waals surface area contributed by atoms with Crippen LogP contribution >= 0.6 is 0 Å². The molecule has 0 spiro atoms. The molecule has 1 N–H and O–H groups in total. The maximum atomic E-state index is 6.63. The van der Waals surface area contributed by atoms with Crippen LogP contribution < -0.4 is 14.8 Å². The van der Waals surface area contributed by atoms with Gasteiger partial charge in [-0.3, -0.25) is 0 Å². The molecule has 162 valence electrons. The zero-order valence-corrected chi connectivity index (χ0v) is 18.9. The van der Waals surface area contributed by atoms with Gasteiger partial charge < -0.3 is 19.7 Å². The first-order chi connectivity index (χ1) is 14.5. The van der Waals surface area contributed by atoms with Crippen molar-refractivity contribution in [2.45, 2.75) is 45.3 Å². The third kappa shape index (κ3) is 4.65. The summed E-state index contributed by atoms with van der Waals surface area (Å²) in [5, 5.41) is 3.48. The molecule has 2 aliphatic rings. The van der Waals surface area contributed by atoms with Crippen molar-refractivity contribution in [1.82, 2.24) is 10.2 Å². The van der Waals surface area contributed by atoms with Gasteiger partial charge in [-0.2, -0.15) is 0 Å². The summed E-state index contributed by atoms with van der Waals surface area (Å²) >= 11 is 0. The van der Waals surface area contributed by atoms with Crippen LogP contribution in [0.15, 0.2) is 42.5 Å². The second kappa shape index (κ2) is 9.40. The van der Waals surface area contributed by atoms with E-state index in [-0.39, 0.29) is 6.10 Å². The first-order valence-corrected chi connectivity index (χ1v) is 11.4. The molecule has 1 saturated heterocycles. The van der Waals surface area contributed by atoms with Crippen LogP contribution in [0.1, 0.15) is 49.3 Å².